The average Bonchev–Trinajstić information content (AvgIpc) is 2.42. The molecule has 2 atom stereocenters. The molecule has 6 heteroatoms. The Morgan fingerprint density at radius 3 is 2.90 bits per heavy atom. The van der Waals surface area contributed by atoms with Crippen LogP contribution in [-0.2, 0) is 6.54 Å². The van der Waals surface area contributed by atoms with Crippen molar-refractivity contribution in [2.45, 2.75) is 26.0 Å². The average molecular weight is 279 g/mol. The molecule has 0 aromatic heterocycles. The second-order valence-corrected chi connectivity index (χ2v) is 5.39. The topological polar surface area (TPSA) is 78.6 Å². The minimum atomic E-state index is -0.373. The van der Waals surface area contributed by atoms with Gasteiger partial charge < -0.3 is 10.4 Å². The van der Waals surface area contributed by atoms with Crippen LogP contribution in [0.4, 0.5) is 11.4 Å². The Labute approximate surface area is 118 Å². The van der Waals surface area contributed by atoms with E-state index in [1.165, 1.54) is 6.07 Å². The van der Waals surface area contributed by atoms with Crippen LogP contribution in [0.1, 0.15) is 18.9 Å². The van der Waals surface area contributed by atoms with E-state index in [1.54, 1.807) is 13.1 Å². The fourth-order valence-electron chi connectivity index (χ4n) is 2.66. The fourth-order valence-corrected chi connectivity index (χ4v) is 2.66. The quantitative estimate of drug-likeness (QED) is 0.649. The van der Waals surface area contributed by atoms with Crippen molar-refractivity contribution in [3.05, 3.63) is 33.9 Å². The van der Waals surface area contributed by atoms with Gasteiger partial charge in [0.15, 0.2) is 0 Å². The third-order valence-corrected chi connectivity index (χ3v) is 3.97. The summed E-state index contributed by atoms with van der Waals surface area (Å²) < 4.78 is 0. The Morgan fingerprint density at radius 1 is 1.55 bits per heavy atom. The second kappa shape index (κ2) is 6.19. The summed E-state index contributed by atoms with van der Waals surface area (Å²) in [5, 5.41) is 23.9. The summed E-state index contributed by atoms with van der Waals surface area (Å²) in [6.45, 7) is 4.19. The first kappa shape index (κ1) is 14.7. The van der Waals surface area contributed by atoms with Crippen LogP contribution in [0.15, 0.2) is 18.2 Å². The molecule has 1 aliphatic heterocycles. The van der Waals surface area contributed by atoms with Gasteiger partial charge in [-0.15, -0.1) is 0 Å². The minimum absolute atomic E-state index is 0.0934. The van der Waals surface area contributed by atoms with Crippen LogP contribution in [0.25, 0.3) is 0 Å². The molecule has 1 heterocycles. The highest BCUT2D eigenvalue weighted by atomic mass is 16.6. The van der Waals surface area contributed by atoms with Crippen LogP contribution < -0.4 is 5.32 Å². The van der Waals surface area contributed by atoms with Gasteiger partial charge in [0.2, 0.25) is 0 Å². The van der Waals surface area contributed by atoms with Gasteiger partial charge in [0.25, 0.3) is 5.69 Å². The summed E-state index contributed by atoms with van der Waals surface area (Å²) in [6, 6.07) is 5.10. The van der Waals surface area contributed by atoms with E-state index >= 15 is 0 Å². The van der Waals surface area contributed by atoms with Gasteiger partial charge in [-0.05, 0) is 24.4 Å². The number of aliphatic hydroxyl groups excluding tert-OH is 1. The van der Waals surface area contributed by atoms with Gasteiger partial charge in [-0.25, -0.2) is 0 Å². The van der Waals surface area contributed by atoms with Crippen LogP contribution in [0.5, 0.6) is 0 Å². The van der Waals surface area contributed by atoms with Crippen molar-refractivity contribution in [2.24, 2.45) is 5.92 Å². The Hall–Kier alpha value is -1.66. The van der Waals surface area contributed by atoms with Crippen LogP contribution in [0, 0.1) is 16.0 Å². The predicted octanol–water partition coefficient (Wildman–Crippen LogP) is 1.84. The number of nitrogens with zero attached hydrogens (tertiary/aromatic N) is 2. The number of hydrogen-bond donors (Lipinski definition) is 2. The fraction of sp³-hybridized carbons (Fsp3) is 0.571. The maximum atomic E-state index is 11.0. The zero-order valence-corrected chi connectivity index (χ0v) is 11.9. The first-order valence-corrected chi connectivity index (χ1v) is 6.87. The minimum Gasteiger partial charge on any atom is -0.392 e. The van der Waals surface area contributed by atoms with Gasteiger partial charge in [-0.3, -0.25) is 15.0 Å². The van der Waals surface area contributed by atoms with Crippen molar-refractivity contribution in [1.82, 2.24) is 4.90 Å². The lowest BCUT2D eigenvalue weighted by Crippen LogP contribution is -2.42. The number of anilines is 1. The van der Waals surface area contributed by atoms with E-state index in [0.29, 0.717) is 24.7 Å². The van der Waals surface area contributed by atoms with Gasteiger partial charge in [0.1, 0.15) is 5.69 Å². The maximum absolute atomic E-state index is 11.0. The monoisotopic (exact) mass is 279 g/mol. The first-order valence-electron chi connectivity index (χ1n) is 6.87. The zero-order chi connectivity index (χ0) is 14.7. The van der Waals surface area contributed by atoms with Crippen molar-refractivity contribution in [2.75, 3.05) is 25.5 Å². The molecule has 1 aliphatic rings. The normalized spacial score (nSPS) is 23.6. The molecule has 0 radical (unpaired) electrons. The molecule has 2 unspecified atom stereocenters. The Kier molecular flexibility index (Phi) is 4.57. The number of likely N-dealkylation sites (tertiary alicyclic amines) is 1. The van der Waals surface area contributed by atoms with Crippen LogP contribution in [-0.4, -0.2) is 41.2 Å². The van der Waals surface area contributed by atoms with Gasteiger partial charge in [-0.1, -0.05) is 19.1 Å². The molecule has 1 aromatic rings. The summed E-state index contributed by atoms with van der Waals surface area (Å²) >= 11 is 0. The number of benzene rings is 1. The molecule has 2 rings (SSSR count). The van der Waals surface area contributed by atoms with Crippen molar-refractivity contribution in [3.63, 3.8) is 0 Å². The smallest absolute Gasteiger partial charge is 0.292 e. The summed E-state index contributed by atoms with van der Waals surface area (Å²) in [4.78, 5) is 12.8. The number of nitro groups is 1. The SMILES string of the molecule is CNc1c(CN2CCC(C)C(O)C2)cccc1[N+](=O)[O-]. The molecular weight excluding hydrogens is 258 g/mol. The van der Waals surface area contributed by atoms with E-state index in [2.05, 4.69) is 10.2 Å². The molecule has 0 amide bonds. The highest BCUT2D eigenvalue weighted by Crippen LogP contribution is 2.29. The summed E-state index contributed by atoms with van der Waals surface area (Å²) in [6.07, 6.45) is 0.630. The molecule has 20 heavy (non-hydrogen) atoms. The number of nitrogens with one attached hydrogen (secondary N) is 1. The number of aliphatic hydroxyl groups is 1. The number of rotatable bonds is 4. The molecule has 110 valence electrons. The molecule has 0 spiro atoms. The van der Waals surface area contributed by atoms with Crippen molar-refractivity contribution < 1.29 is 10.0 Å². The van der Waals surface area contributed by atoms with Crippen molar-refractivity contribution in [3.8, 4) is 0 Å². The van der Waals surface area contributed by atoms with E-state index < -0.39 is 0 Å². The summed E-state index contributed by atoms with van der Waals surface area (Å²) in [5.41, 5.74) is 1.55. The Morgan fingerprint density at radius 2 is 2.30 bits per heavy atom. The van der Waals surface area contributed by atoms with Gasteiger partial charge in [0.05, 0.1) is 11.0 Å². The highest BCUT2D eigenvalue weighted by molar-refractivity contribution is 5.66. The Balaban J connectivity index is 2.17. The van der Waals surface area contributed by atoms with E-state index in [0.717, 1.165) is 18.5 Å². The number of hydrogen-bond acceptors (Lipinski definition) is 5. The van der Waals surface area contributed by atoms with E-state index in [-0.39, 0.29) is 16.7 Å². The molecule has 0 bridgehead atoms. The lowest BCUT2D eigenvalue weighted by molar-refractivity contribution is -0.384. The van der Waals surface area contributed by atoms with Crippen LogP contribution in [0.2, 0.25) is 0 Å². The maximum Gasteiger partial charge on any atom is 0.292 e. The van der Waals surface area contributed by atoms with Crippen LogP contribution >= 0.6 is 0 Å². The standard InChI is InChI=1S/C14H21N3O3/c1-10-6-7-16(9-13(10)18)8-11-4-3-5-12(17(19)20)14(11)15-2/h3-5,10,13,15,18H,6-9H2,1-2H3. The lowest BCUT2D eigenvalue weighted by Gasteiger charge is -2.34. The number of β-amino-alcohol motifs (C(OH)–C–C–N with tert-alkyl or cyclic N) is 1. The van der Waals surface area contributed by atoms with E-state index in [1.807, 2.05) is 13.0 Å². The Bertz CT molecular complexity index is 493. The van der Waals surface area contributed by atoms with Gasteiger partial charge in [0, 0.05) is 26.2 Å². The molecular formula is C14H21N3O3. The highest BCUT2D eigenvalue weighted by Gasteiger charge is 2.25. The van der Waals surface area contributed by atoms with E-state index in [4.69, 9.17) is 0 Å². The molecule has 1 aromatic carbocycles. The van der Waals surface area contributed by atoms with Crippen LogP contribution in [0.3, 0.4) is 0 Å². The van der Waals surface area contributed by atoms with Gasteiger partial charge >= 0.3 is 0 Å². The molecule has 1 fully saturated rings. The molecule has 0 aliphatic carbocycles. The summed E-state index contributed by atoms with van der Waals surface area (Å²) in [5.74, 6) is 0.320. The number of nitro benzene ring substituents is 1. The molecule has 0 saturated carbocycles. The molecule has 2 N–H and O–H groups in total. The van der Waals surface area contributed by atoms with E-state index in [9.17, 15) is 15.2 Å². The molecule has 1 saturated heterocycles. The molecule has 6 nitrogen and oxygen atoms in total. The lowest BCUT2D eigenvalue weighted by atomic mass is 9.95. The third-order valence-electron chi connectivity index (χ3n) is 3.97. The van der Waals surface area contributed by atoms with Crippen molar-refractivity contribution >= 4 is 11.4 Å². The number of para-hydroxylation sites is 1. The third kappa shape index (κ3) is 3.08. The predicted molar refractivity (Wildman–Crippen MR) is 77.7 cm³/mol. The zero-order valence-electron chi connectivity index (χ0n) is 11.9. The second-order valence-electron chi connectivity index (χ2n) is 5.39. The van der Waals surface area contributed by atoms with Crippen molar-refractivity contribution in [1.29, 1.82) is 0 Å². The summed E-state index contributed by atoms with van der Waals surface area (Å²) in [7, 11) is 1.69. The first-order chi connectivity index (χ1) is 9.52. The number of piperidine rings is 1. The largest absolute Gasteiger partial charge is 0.392 e. The van der Waals surface area contributed by atoms with Gasteiger partial charge in [-0.2, -0.15) is 0 Å².